The number of carbonyl (C=O) groups is 2. The molecular weight excluding hydrogens is 354 g/mol. The second-order valence-corrected chi connectivity index (χ2v) is 9.18. The topological polar surface area (TPSA) is 53.1 Å². The molecule has 1 atom stereocenters. The van der Waals surface area contributed by atoms with Crippen molar-refractivity contribution in [2.45, 2.75) is 63.8 Å². The summed E-state index contributed by atoms with van der Waals surface area (Å²) in [4.78, 5) is 32.9. The first-order chi connectivity index (χ1) is 13.7. The van der Waals surface area contributed by atoms with E-state index in [1.54, 1.807) is 0 Å². The van der Waals surface area contributed by atoms with Crippen LogP contribution in [0.25, 0.3) is 0 Å². The lowest BCUT2D eigenvalue weighted by Gasteiger charge is -2.43. The Balaban J connectivity index is 1.38. The normalized spacial score (nSPS) is 27.6. The minimum atomic E-state index is 0.118. The van der Waals surface area contributed by atoms with Crippen molar-refractivity contribution in [3.63, 3.8) is 0 Å². The third-order valence-corrected chi connectivity index (χ3v) is 7.31. The van der Waals surface area contributed by atoms with Crippen LogP contribution in [0.5, 0.6) is 0 Å². The maximum absolute atomic E-state index is 13.2. The SMILES string of the molecule is O=C(C1CCOCC1)N1CCCC(N(CCN2CCCC2)C(=O)C2CCC2)C1. The van der Waals surface area contributed by atoms with Gasteiger partial charge >= 0.3 is 0 Å². The van der Waals surface area contributed by atoms with E-state index in [-0.39, 0.29) is 17.9 Å². The molecule has 0 bridgehead atoms. The predicted octanol–water partition coefficient (Wildman–Crippen LogP) is 2.13. The summed E-state index contributed by atoms with van der Waals surface area (Å²) >= 11 is 0. The standard InChI is InChI=1S/C22H37N3O3/c26-21(19-8-15-28-16-9-19)24-12-4-7-20(17-24)25(22(27)18-5-3-6-18)14-13-23-10-1-2-11-23/h18-20H,1-17H2. The van der Waals surface area contributed by atoms with Crippen LogP contribution in [0.15, 0.2) is 0 Å². The third kappa shape index (κ3) is 4.70. The van der Waals surface area contributed by atoms with Crippen molar-refractivity contribution in [3.05, 3.63) is 0 Å². The van der Waals surface area contributed by atoms with E-state index < -0.39 is 0 Å². The fraction of sp³-hybridized carbons (Fsp3) is 0.909. The number of hydrogen-bond donors (Lipinski definition) is 0. The van der Waals surface area contributed by atoms with Gasteiger partial charge in [0, 0.05) is 57.3 Å². The van der Waals surface area contributed by atoms with Gasteiger partial charge in [-0.25, -0.2) is 0 Å². The van der Waals surface area contributed by atoms with E-state index in [0.29, 0.717) is 25.0 Å². The van der Waals surface area contributed by atoms with E-state index in [2.05, 4.69) is 14.7 Å². The number of piperidine rings is 1. The van der Waals surface area contributed by atoms with Gasteiger partial charge in [0.15, 0.2) is 0 Å². The fourth-order valence-electron chi connectivity index (χ4n) is 5.23. The fourth-order valence-corrected chi connectivity index (χ4v) is 5.23. The van der Waals surface area contributed by atoms with E-state index >= 15 is 0 Å². The molecule has 1 aliphatic carbocycles. The maximum Gasteiger partial charge on any atom is 0.226 e. The number of ether oxygens (including phenoxy) is 1. The molecule has 0 aromatic heterocycles. The van der Waals surface area contributed by atoms with Crippen molar-refractivity contribution in [2.24, 2.45) is 11.8 Å². The van der Waals surface area contributed by atoms with Gasteiger partial charge in [0.1, 0.15) is 0 Å². The summed E-state index contributed by atoms with van der Waals surface area (Å²) in [5.74, 6) is 1.01. The van der Waals surface area contributed by atoms with Crippen LogP contribution >= 0.6 is 0 Å². The Morgan fingerprint density at radius 3 is 2.29 bits per heavy atom. The molecule has 3 heterocycles. The second-order valence-electron chi connectivity index (χ2n) is 9.18. The first kappa shape index (κ1) is 20.1. The first-order valence-electron chi connectivity index (χ1n) is 11.6. The predicted molar refractivity (Wildman–Crippen MR) is 108 cm³/mol. The minimum Gasteiger partial charge on any atom is -0.381 e. The Hall–Kier alpha value is -1.14. The molecule has 4 rings (SSSR count). The lowest BCUT2D eigenvalue weighted by molar-refractivity contribution is -0.147. The Kier molecular flexibility index (Phi) is 6.89. The summed E-state index contributed by atoms with van der Waals surface area (Å²) in [7, 11) is 0. The Bertz CT molecular complexity index is 539. The lowest BCUT2D eigenvalue weighted by atomic mass is 9.83. The number of carbonyl (C=O) groups excluding carboxylic acids is 2. The molecule has 3 aliphatic heterocycles. The zero-order valence-electron chi connectivity index (χ0n) is 17.3. The van der Waals surface area contributed by atoms with Gasteiger partial charge in [-0.2, -0.15) is 0 Å². The molecule has 4 fully saturated rings. The highest BCUT2D eigenvalue weighted by Gasteiger charge is 2.37. The maximum atomic E-state index is 13.2. The van der Waals surface area contributed by atoms with Gasteiger partial charge in [-0.3, -0.25) is 9.59 Å². The van der Waals surface area contributed by atoms with Crippen LogP contribution in [0.4, 0.5) is 0 Å². The molecule has 0 N–H and O–H groups in total. The van der Waals surface area contributed by atoms with E-state index in [1.165, 1.54) is 32.4 Å². The molecule has 0 aromatic carbocycles. The van der Waals surface area contributed by atoms with Crippen LogP contribution < -0.4 is 0 Å². The van der Waals surface area contributed by atoms with Gasteiger partial charge in [-0.1, -0.05) is 6.42 Å². The summed E-state index contributed by atoms with van der Waals surface area (Å²) in [5, 5.41) is 0. The van der Waals surface area contributed by atoms with E-state index in [0.717, 1.165) is 64.7 Å². The molecule has 0 spiro atoms. The zero-order valence-corrected chi connectivity index (χ0v) is 17.3. The summed E-state index contributed by atoms with van der Waals surface area (Å²) in [5.41, 5.74) is 0. The van der Waals surface area contributed by atoms with Crippen molar-refractivity contribution < 1.29 is 14.3 Å². The zero-order chi connectivity index (χ0) is 19.3. The van der Waals surface area contributed by atoms with Crippen LogP contribution in [-0.2, 0) is 14.3 Å². The molecule has 4 aliphatic rings. The Morgan fingerprint density at radius 1 is 0.857 bits per heavy atom. The second kappa shape index (κ2) is 9.57. The average molecular weight is 392 g/mol. The molecule has 3 saturated heterocycles. The highest BCUT2D eigenvalue weighted by Crippen LogP contribution is 2.30. The monoisotopic (exact) mass is 391 g/mol. The number of rotatable bonds is 6. The summed E-state index contributed by atoms with van der Waals surface area (Å²) in [6.45, 7) is 7.15. The molecule has 1 saturated carbocycles. The molecule has 28 heavy (non-hydrogen) atoms. The largest absolute Gasteiger partial charge is 0.381 e. The van der Waals surface area contributed by atoms with Crippen LogP contribution in [0.3, 0.4) is 0 Å². The van der Waals surface area contributed by atoms with Gasteiger partial charge in [0.2, 0.25) is 11.8 Å². The van der Waals surface area contributed by atoms with Crippen molar-refractivity contribution >= 4 is 11.8 Å². The lowest BCUT2D eigenvalue weighted by Crippen LogP contribution is -2.55. The summed E-state index contributed by atoms with van der Waals surface area (Å²) in [6, 6.07) is 0.202. The van der Waals surface area contributed by atoms with Crippen molar-refractivity contribution in [1.29, 1.82) is 0 Å². The quantitative estimate of drug-likeness (QED) is 0.696. The van der Waals surface area contributed by atoms with Gasteiger partial charge in [0.25, 0.3) is 0 Å². The van der Waals surface area contributed by atoms with E-state index in [1.807, 2.05) is 0 Å². The molecule has 0 radical (unpaired) electrons. The molecular formula is C22H37N3O3. The van der Waals surface area contributed by atoms with Crippen LogP contribution in [0, 0.1) is 11.8 Å². The smallest absolute Gasteiger partial charge is 0.226 e. The van der Waals surface area contributed by atoms with Crippen LogP contribution in [-0.4, -0.2) is 85.0 Å². The van der Waals surface area contributed by atoms with Gasteiger partial charge in [0.05, 0.1) is 0 Å². The molecule has 1 unspecified atom stereocenters. The number of hydrogen-bond acceptors (Lipinski definition) is 4. The van der Waals surface area contributed by atoms with E-state index in [4.69, 9.17) is 4.74 Å². The minimum absolute atomic E-state index is 0.118. The highest BCUT2D eigenvalue weighted by molar-refractivity contribution is 5.81. The summed E-state index contributed by atoms with van der Waals surface area (Å²) < 4.78 is 5.43. The Labute approximate surface area is 169 Å². The van der Waals surface area contributed by atoms with Gasteiger partial charge < -0.3 is 19.4 Å². The van der Waals surface area contributed by atoms with E-state index in [9.17, 15) is 9.59 Å². The molecule has 2 amide bonds. The third-order valence-electron chi connectivity index (χ3n) is 7.31. The Morgan fingerprint density at radius 2 is 1.61 bits per heavy atom. The molecule has 0 aromatic rings. The number of amides is 2. The van der Waals surface area contributed by atoms with Gasteiger partial charge in [-0.05, 0) is 64.5 Å². The van der Waals surface area contributed by atoms with Crippen LogP contribution in [0.2, 0.25) is 0 Å². The first-order valence-corrected chi connectivity index (χ1v) is 11.6. The molecule has 6 nitrogen and oxygen atoms in total. The number of nitrogens with zero attached hydrogens (tertiary/aromatic N) is 3. The molecule has 158 valence electrons. The van der Waals surface area contributed by atoms with Crippen molar-refractivity contribution in [3.8, 4) is 0 Å². The van der Waals surface area contributed by atoms with Crippen molar-refractivity contribution in [1.82, 2.24) is 14.7 Å². The number of likely N-dealkylation sites (tertiary alicyclic amines) is 2. The van der Waals surface area contributed by atoms with Crippen molar-refractivity contribution in [2.75, 3.05) is 52.5 Å². The van der Waals surface area contributed by atoms with Gasteiger partial charge in [-0.15, -0.1) is 0 Å². The molecule has 6 heteroatoms. The van der Waals surface area contributed by atoms with Crippen LogP contribution in [0.1, 0.15) is 57.8 Å². The highest BCUT2D eigenvalue weighted by atomic mass is 16.5. The summed E-state index contributed by atoms with van der Waals surface area (Å²) in [6.07, 6.45) is 9.61. The average Bonchev–Trinajstić information content (AvgIpc) is 3.21.